The lowest BCUT2D eigenvalue weighted by molar-refractivity contribution is 0.342. The van der Waals surface area contributed by atoms with E-state index in [-0.39, 0.29) is 23.5 Å². The molecule has 0 saturated heterocycles. The lowest BCUT2D eigenvalue weighted by atomic mass is 9.72. The number of benzene rings is 3. The van der Waals surface area contributed by atoms with Crippen LogP contribution in [-0.2, 0) is 0 Å². The van der Waals surface area contributed by atoms with Crippen LogP contribution in [0.5, 0.6) is 51.7 Å². The zero-order chi connectivity index (χ0) is 32.6. The van der Waals surface area contributed by atoms with Gasteiger partial charge in [0, 0.05) is 46.7 Å². The number of phenols is 1. The Morgan fingerprint density at radius 2 is 1.00 bits per heavy atom. The number of ether oxygens (including phenoxy) is 8. The van der Waals surface area contributed by atoms with Crippen LogP contribution >= 0.6 is 0 Å². The molecule has 0 aliphatic carbocycles. The van der Waals surface area contributed by atoms with Gasteiger partial charge in [-0.3, -0.25) is 0 Å². The lowest BCUT2D eigenvalue weighted by Crippen LogP contribution is -2.19. The zero-order valence-corrected chi connectivity index (χ0v) is 27.3. The molecule has 0 saturated carbocycles. The summed E-state index contributed by atoms with van der Waals surface area (Å²) in [7, 11) is 12.7. The van der Waals surface area contributed by atoms with Gasteiger partial charge in [0.15, 0.2) is 34.5 Å². The normalized spacial score (nSPS) is 13.3. The summed E-state index contributed by atoms with van der Waals surface area (Å²) in [5.74, 6) is 3.68. The van der Waals surface area contributed by atoms with Gasteiger partial charge in [-0.1, -0.05) is 24.6 Å². The second-order valence-corrected chi connectivity index (χ2v) is 10.2. The molecule has 3 rings (SSSR count). The first kappa shape index (κ1) is 33.8. The molecule has 9 heteroatoms. The standard InChI is InChI=1S/C35H44O9/c1-12-23(24-15-30(40-7)32(42-9)17-26(24)36)21(3)35(25-16-31(41-8)34(44-11)19-28(25)38-5)20(2)13-22-14-29(39-6)33(43-10)18-27(22)37-4/h12-19,21,23,35-36H,1H2,2-11H3/b20-13+/t21-,23+,35+/m0/s1. The maximum atomic E-state index is 11.1. The quantitative estimate of drug-likeness (QED) is 0.179. The Hall–Kier alpha value is -4.66. The molecule has 0 bridgehead atoms. The summed E-state index contributed by atoms with van der Waals surface area (Å²) < 4.78 is 45.0. The molecule has 0 aliphatic rings. The van der Waals surface area contributed by atoms with Crippen LogP contribution in [0.15, 0.2) is 54.6 Å². The molecule has 3 atom stereocenters. The van der Waals surface area contributed by atoms with Gasteiger partial charge >= 0.3 is 0 Å². The number of hydrogen-bond acceptors (Lipinski definition) is 9. The van der Waals surface area contributed by atoms with E-state index in [9.17, 15) is 5.11 Å². The third-order valence-electron chi connectivity index (χ3n) is 7.92. The van der Waals surface area contributed by atoms with Crippen molar-refractivity contribution in [1.82, 2.24) is 0 Å². The van der Waals surface area contributed by atoms with Crippen LogP contribution in [0.2, 0.25) is 0 Å². The van der Waals surface area contributed by atoms with Crippen LogP contribution in [0.1, 0.15) is 42.4 Å². The molecule has 3 aromatic carbocycles. The van der Waals surface area contributed by atoms with Crippen LogP contribution < -0.4 is 37.9 Å². The van der Waals surface area contributed by atoms with E-state index in [4.69, 9.17) is 37.9 Å². The van der Waals surface area contributed by atoms with Gasteiger partial charge in [-0.15, -0.1) is 6.58 Å². The molecule has 1 N–H and O–H groups in total. The van der Waals surface area contributed by atoms with Crippen molar-refractivity contribution in [2.24, 2.45) is 5.92 Å². The van der Waals surface area contributed by atoms with E-state index in [2.05, 4.69) is 13.5 Å². The molecule has 44 heavy (non-hydrogen) atoms. The Morgan fingerprint density at radius 3 is 1.48 bits per heavy atom. The smallest absolute Gasteiger partial charge is 0.164 e. The van der Waals surface area contributed by atoms with E-state index < -0.39 is 0 Å². The Balaban J connectivity index is 2.33. The molecule has 0 aromatic heterocycles. The summed E-state index contributed by atoms with van der Waals surface area (Å²) in [6, 6.07) is 10.8. The van der Waals surface area contributed by atoms with Gasteiger partial charge < -0.3 is 43.0 Å². The number of allylic oxidation sites excluding steroid dienone is 2. The Kier molecular flexibility index (Phi) is 11.7. The maximum Gasteiger partial charge on any atom is 0.164 e. The van der Waals surface area contributed by atoms with Crippen molar-refractivity contribution in [2.75, 3.05) is 56.9 Å². The molecule has 0 spiro atoms. The fourth-order valence-corrected chi connectivity index (χ4v) is 5.72. The number of phenolic OH excluding ortho intramolecular Hbond substituents is 1. The number of rotatable bonds is 15. The summed E-state index contributed by atoms with van der Waals surface area (Å²) in [6.07, 6.45) is 3.88. The highest BCUT2D eigenvalue weighted by Gasteiger charge is 2.33. The summed E-state index contributed by atoms with van der Waals surface area (Å²) in [5.41, 5.74) is 3.27. The van der Waals surface area contributed by atoms with Gasteiger partial charge in [-0.25, -0.2) is 0 Å². The minimum absolute atomic E-state index is 0.0700. The molecular weight excluding hydrogens is 564 g/mol. The van der Waals surface area contributed by atoms with Gasteiger partial charge in [0.25, 0.3) is 0 Å². The predicted molar refractivity (Wildman–Crippen MR) is 172 cm³/mol. The summed E-state index contributed by atoms with van der Waals surface area (Å²) >= 11 is 0. The Morgan fingerprint density at radius 1 is 0.591 bits per heavy atom. The van der Waals surface area contributed by atoms with E-state index in [1.807, 2.05) is 37.3 Å². The highest BCUT2D eigenvalue weighted by Crippen LogP contribution is 2.50. The number of methoxy groups -OCH3 is 8. The van der Waals surface area contributed by atoms with Gasteiger partial charge in [-0.05, 0) is 31.0 Å². The second-order valence-electron chi connectivity index (χ2n) is 10.2. The Labute approximate surface area is 260 Å². The summed E-state index contributed by atoms with van der Waals surface area (Å²) in [5, 5.41) is 11.1. The molecule has 238 valence electrons. The third kappa shape index (κ3) is 6.77. The average Bonchev–Trinajstić information content (AvgIpc) is 3.04. The van der Waals surface area contributed by atoms with Crippen molar-refractivity contribution in [3.63, 3.8) is 0 Å². The van der Waals surface area contributed by atoms with Crippen molar-refractivity contribution in [3.05, 3.63) is 71.3 Å². The van der Waals surface area contributed by atoms with Gasteiger partial charge in [0.2, 0.25) is 0 Å². The van der Waals surface area contributed by atoms with E-state index >= 15 is 0 Å². The predicted octanol–water partition coefficient (Wildman–Crippen LogP) is 7.25. The molecule has 0 heterocycles. The van der Waals surface area contributed by atoms with Gasteiger partial charge in [-0.2, -0.15) is 0 Å². The molecule has 9 nitrogen and oxygen atoms in total. The van der Waals surface area contributed by atoms with E-state index in [1.54, 1.807) is 68.0 Å². The fourth-order valence-electron chi connectivity index (χ4n) is 5.72. The minimum Gasteiger partial charge on any atom is -0.508 e. The van der Waals surface area contributed by atoms with Crippen molar-refractivity contribution in [1.29, 1.82) is 0 Å². The molecule has 0 fully saturated rings. The lowest BCUT2D eigenvalue weighted by Gasteiger charge is -2.33. The van der Waals surface area contributed by atoms with E-state index in [0.717, 1.165) is 16.7 Å². The van der Waals surface area contributed by atoms with Crippen LogP contribution in [0.4, 0.5) is 0 Å². The van der Waals surface area contributed by atoms with Crippen molar-refractivity contribution >= 4 is 6.08 Å². The third-order valence-corrected chi connectivity index (χ3v) is 7.92. The first-order valence-corrected chi connectivity index (χ1v) is 14.0. The highest BCUT2D eigenvalue weighted by atomic mass is 16.5. The molecule has 0 unspecified atom stereocenters. The van der Waals surface area contributed by atoms with Crippen LogP contribution in [0.3, 0.4) is 0 Å². The van der Waals surface area contributed by atoms with Crippen molar-refractivity contribution in [2.45, 2.75) is 25.7 Å². The van der Waals surface area contributed by atoms with Crippen molar-refractivity contribution in [3.8, 4) is 51.7 Å². The first-order chi connectivity index (χ1) is 21.2. The summed E-state index contributed by atoms with van der Waals surface area (Å²) in [6.45, 7) is 8.31. The van der Waals surface area contributed by atoms with Crippen LogP contribution in [0.25, 0.3) is 6.08 Å². The maximum absolute atomic E-state index is 11.1. The van der Waals surface area contributed by atoms with E-state index in [0.29, 0.717) is 51.6 Å². The number of aromatic hydroxyl groups is 1. The molecule has 3 aromatic rings. The average molecular weight is 609 g/mol. The van der Waals surface area contributed by atoms with Gasteiger partial charge in [0.05, 0.1) is 56.9 Å². The van der Waals surface area contributed by atoms with Crippen molar-refractivity contribution < 1.29 is 43.0 Å². The molecule has 0 aliphatic heterocycles. The van der Waals surface area contributed by atoms with Crippen LogP contribution in [-0.4, -0.2) is 62.0 Å². The Bertz CT molecular complexity index is 1480. The van der Waals surface area contributed by atoms with Crippen LogP contribution in [0, 0.1) is 5.92 Å². The molecular formula is C35H44O9. The highest BCUT2D eigenvalue weighted by molar-refractivity contribution is 5.67. The SMILES string of the molecule is C=C[C@@H](c1cc(OC)c(OC)cc1O)[C@H](C)[C@@H](/C(C)=C/c1cc(OC)c(OC)cc1OC)c1cc(OC)c(OC)cc1OC. The van der Waals surface area contributed by atoms with Gasteiger partial charge in [0.1, 0.15) is 17.2 Å². The zero-order valence-electron chi connectivity index (χ0n) is 27.3. The molecule has 0 radical (unpaired) electrons. The minimum atomic E-state index is -0.326. The van der Waals surface area contributed by atoms with E-state index in [1.165, 1.54) is 7.11 Å². The first-order valence-electron chi connectivity index (χ1n) is 14.0. The second kappa shape index (κ2) is 15.2. The number of hydrogen-bond donors (Lipinski definition) is 1. The molecule has 0 amide bonds. The fraction of sp³-hybridized carbons (Fsp3) is 0.371. The monoisotopic (exact) mass is 608 g/mol. The summed E-state index contributed by atoms with van der Waals surface area (Å²) in [4.78, 5) is 0. The largest absolute Gasteiger partial charge is 0.508 e. The topological polar surface area (TPSA) is 94.1 Å².